The van der Waals surface area contributed by atoms with E-state index in [1.165, 1.54) is 5.56 Å². The molecule has 0 aliphatic heterocycles. The predicted molar refractivity (Wildman–Crippen MR) is 89.2 cm³/mol. The van der Waals surface area contributed by atoms with Gasteiger partial charge < -0.3 is 4.90 Å². The van der Waals surface area contributed by atoms with E-state index >= 15 is 0 Å². The number of pyridine rings is 1. The summed E-state index contributed by atoms with van der Waals surface area (Å²) in [4.78, 5) is 18.1. The van der Waals surface area contributed by atoms with E-state index in [0.29, 0.717) is 6.54 Å². The highest BCUT2D eigenvalue weighted by atomic mass is 16.2. The lowest BCUT2D eigenvalue weighted by molar-refractivity contribution is -0.125. The summed E-state index contributed by atoms with van der Waals surface area (Å²) in [6.07, 6.45) is 5.33. The van der Waals surface area contributed by atoms with E-state index in [9.17, 15) is 4.79 Å². The van der Waals surface area contributed by atoms with Gasteiger partial charge in [0.05, 0.1) is 12.2 Å². The largest absolute Gasteiger partial charge is 0.336 e. The summed E-state index contributed by atoms with van der Waals surface area (Å²) in [5.41, 5.74) is 3.29. The van der Waals surface area contributed by atoms with Gasteiger partial charge in [-0.15, -0.1) is 0 Å². The molecule has 114 valence electrons. The van der Waals surface area contributed by atoms with E-state index in [1.54, 1.807) is 24.2 Å². The van der Waals surface area contributed by atoms with Crippen molar-refractivity contribution in [3.8, 4) is 0 Å². The number of likely N-dealkylation sites (N-methyl/N-ethyl adjacent to an activating group) is 1. The lowest BCUT2D eigenvalue weighted by Gasteiger charge is -2.15. The van der Waals surface area contributed by atoms with Crippen LogP contribution in [0.4, 0.5) is 0 Å². The lowest BCUT2D eigenvalue weighted by atomic mass is 10.1. The molecule has 1 aromatic carbocycles. The van der Waals surface area contributed by atoms with E-state index in [2.05, 4.69) is 17.1 Å². The van der Waals surface area contributed by atoms with Gasteiger partial charge in [0.2, 0.25) is 5.91 Å². The maximum absolute atomic E-state index is 12.2. The third-order valence-corrected chi connectivity index (χ3v) is 3.52. The Balaban J connectivity index is 1.86. The normalized spacial score (nSPS) is 11.3. The van der Waals surface area contributed by atoms with Crippen LogP contribution in [-0.2, 0) is 17.8 Å². The van der Waals surface area contributed by atoms with E-state index in [1.807, 2.05) is 43.3 Å². The topological polar surface area (TPSA) is 33.2 Å². The second-order valence-electron chi connectivity index (χ2n) is 5.49. The van der Waals surface area contributed by atoms with Crippen LogP contribution in [0.1, 0.15) is 24.6 Å². The molecular weight excluding hydrogens is 272 g/mol. The molecule has 2 aromatic rings. The van der Waals surface area contributed by atoms with Crippen molar-refractivity contribution >= 4 is 5.91 Å². The summed E-state index contributed by atoms with van der Waals surface area (Å²) in [7, 11) is 1.80. The number of aryl methyl sites for hydroxylation is 1. The molecule has 3 nitrogen and oxygen atoms in total. The first-order valence-electron chi connectivity index (χ1n) is 7.51. The van der Waals surface area contributed by atoms with Gasteiger partial charge in [0, 0.05) is 19.3 Å². The van der Waals surface area contributed by atoms with Crippen molar-refractivity contribution in [1.29, 1.82) is 0 Å². The lowest BCUT2D eigenvalue weighted by Crippen LogP contribution is -2.25. The van der Waals surface area contributed by atoms with E-state index in [-0.39, 0.29) is 5.91 Å². The van der Waals surface area contributed by atoms with Gasteiger partial charge in [0.25, 0.3) is 0 Å². The average molecular weight is 294 g/mol. The molecule has 0 aliphatic carbocycles. The summed E-state index contributed by atoms with van der Waals surface area (Å²) in [6.45, 7) is 2.54. The van der Waals surface area contributed by atoms with Crippen molar-refractivity contribution in [1.82, 2.24) is 9.88 Å². The molecule has 0 saturated carbocycles. The summed E-state index contributed by atoms with van der Waals surface area (Å²) < 4.78 is 0. The molecule has 2 rings (SSSR count). The summed E-state index contributed by atoms with van der Waals surface area (Å²) in [5.74, 6) is 0.0243. The van der Waals surface area contributed by atoms with Crippen LogP contribution < -0.4 is 0 Å². The summed E-state index contributed by atoms with van der Waals surface area (Å²) >= 11 is 0. The van der Waals surface area contributed by atoms with Gasteiger partial charge >= 0.3 is 0 Å². The fourth-order valence-corrected chi connectivity index (χ4v) is 2.19. The predicted octanol–water partition coefficient (Wildman–Crippen LogP) is 3.62. The van der Waals surface area contributed by atoms with Crippen LogP contribution in [-0.4, -0.2) is 22.8 Å². The molecule has 3 heteroatoms. The fourth-order valence-electron chi connectivity index (χ4n) is 2.19. The third kappa shape index (κ3) is 5.17. The maximum Gasteiger partial charge on any atom is 0.246 e. The van der Waals surface area contributed by atoms with Crippen LogP contribution in [0.2, 0.25) is 0 Å². The second kappa shape index (κ2) is 8.13. The zero-order valence-electron chi connectivity index (χ0n) is 13.2. The van der Waals surface area contributed by atoms with Crippen molar-refractivity contribution in [2.24, 2.45) is 0 Å². The minimum atomic E-state index is 0.0243. The van der Waals surface area contributed by atoms with Crippen molar-refractivity contribution in [2.45, 2.75) is 26.3 Å². The van der Waals surface area contributed by atoms with E-state index in [0.717, 1.165) is 24.1 Å². The minimum Gasteiger partial charge on any atom is -0.336 e. The Labute approximate surface area is 132 Å². The quantitative estimate of drug-likeness (QED) is 0.762. The van der Waals surface area contributed by atoms with Crippen molar-refractivity contribution < 1.29 is 4.79 Å². The van der Waals surface area contributed by atoms with Crippen molar-refractivity contribution in [2.75, 3.05) is 7.05 Å². The molecule has 0 spiro atoms. The Morgan fingerprint density at radius 2 is 1.86 bits per heavy atom. The number of benzene rings is 1. The molecule has 0 unspecified atom stereocenters. The van der Waals surface area contributed by atoms with Crippen LogP contribution in [0.5, 0.6) is 0 Å². The van der Waals surface area contributed by atoms with Crippen LogP contribution in [0, 0.1) is 0 Å². The summed E-state index contributed by atoms with van der Waals surface area (Å²) in [6, 6.07) is 16.1. The highest BCUT2D eigenvalue weighted by Crippen LogP contribution is 2.09. The maximum atomic E-state index is 12.2. The molecule has 0 aliphatic rings. The highest BCUT2D eigenvalue weighted by molar-refractivity contribution is 5.87. The Hall–Kier alpha value is -2.42. The number of rotatable bonds is 6. The average Bonchev–Trinajstić information content (AvgIpc) is 2.55. The number of amides is 1. The third-order valence-electron chi connectivity index (χ3n) is 3.52. The number of nitrogens with zero attached hydrogens (tertiary/aromatic N) is 2. The molecule has 1 aromatic heterocycles. The molecular formula is C19H22N2O. The van der Waals surface area contributed by atoms with Gasteiger partial charge in [0.1, 0.15) is 0 Å². The minimum absolute atomic E-state index is 0.0243. The Kier molecular flexibility index (Phi) is 5.90. The van der Waals surface area contributed by atoms with E-state index in [4.69, 9.17) is 0 Å². The standard InChI is InChI=1S/C19H22N2O/c1-16(11-12-17-8-4-3-5-9-17)14-19(22)21(2)15-18-10-6-7-13-20-18/h3-10,13-14H,11-12,15H2,1-2H3/b16-14+. The van der Waals surface area contributed by atoms with Crippen LogP contribution in [0.25, 0.3) is 0 Å². The fraction of sp³-hybridized carbons (Fsp3) is 0.263. The number of allylic oxidation sites excluding steroid dienone is 1. The summed E-state index contributed by atoms with van der Waals surface area (Å²) in [5, 5.41) is 0. The van der Waals surface area contributed by atoms with Crippen molar-refractivity contribution in [3.63, 3.8) is 0 Å². The zero-order chi connectivity index (χ0) is 15.8. The first kappa shape index (κ1) is 16.0. The first-order valence-corrected chi connectivity index (χ1v) is 7.51. The molecule has 1 heterocycles. The Morgan fingerprint density at radius 3 is 2.55 bits per heavy atom. The molecule has 0 atom stereocenters. The molecule has 0 saturated heterocycles. The van der Waals surface area contributed by atoms with Crippen LogP contribution >= 0.6 is 0 Å². The highest BCUT2D eigenvalue weighted by Gasteiger charge is 2.07. The first-order chi connectivity index (χ1) is 10.6. The Bertz CT molecular complexity index is 620. The van der Waals surface area contributed by atoms with Gasteiger partial charge in [-0.2, -0.15) is 0 Å². The van der Waals surface area contributed by atoms with Crippen molar-refractivity contribution in [3.05, 3.63) is 77.6 Å². The Morgan fingerprint density at radius 1 is 1.14 bits per heavy atom. The van der Waals surface area contributed by atoms with Crippen LogP contribution in [0.15, 0.2) is 66.4 Å². The molecule has 22 heavy (non-hydrogen) atoms. The van der Waals surface area contributed by atoms with Gasteiger partial charge in [-0.05, 0) is 37.5 Å². The molecule has 1 amide bonds. The van der Waals surface area contributed by atoms with Crippen LogP contribution in [0.3, 0.4) is 0 Å². The van der Waals surface area contributed by atoms with Gasteiger partial charge in [-0.3, -0.25) is 9.78 Å². The molecule has 0 bridgehead atoms. The molecule has 0 radical (unpaired) electrons. The number of carbonyl (C=O) groups is 1. The van der Waals surface area contributed by atoms with E-state index < -0.39 is 0 Å². The van der Waals surface area contributed by atoms with Gasteiger partial charge in [-0.25, -0.2) is 0 Å². The molecule has 0 fully saturated rings. The zero-order valence-corrected chi connectivity index (χ0v) is 13.2. The number of hydrogen-bond donors (Lipinski definition) is 0. The number of aromatic nitrogens is 1. The number of hydrogen-bond acceptors (Lipinski definition) is 2. The van der Waals surface area contributed by atoms with Gasteiger partial charge in [0.15, 0.2) is 0 Å². The SMILES string of the molecule is C/C(=C\C(=O)N(C)Cc1ccccn1)CCc1ccccc1. The smallest absolute Gasteiger partial charge is 0.246 e. The number of carbonyl (C=O) groups excluding carboxylic acids is 1. The monoisotopic (exact) mass is 294 g/mol. The molecule has 0 N–H and O–H groups in total. The second-order valence-corrected chi connectivity index (χ2v) is 5.49. The van der Waals surface area contributed by atoms with Gasteiger partial charge in [-0.1, -0.05) is 42.0 Å².